The molecule has 1 aliphatic rings. The summed E-state index contributed by atoms with van der Waals surface area (Å²) in [5.74, 6) is -1.30. The van der Waals surface area contributed by atoms with E-state index in [1.807, 2.05) is 19.1 Å². The van der Waals surface area contributed by atoms with Crippen LogP contribution in [0.3, 0.4) is 0 Å². The summed E-state index contributed by atoms with van der Waals surface area (Å²) in [6, 6.07) is 5.67. The normalized spacial score (nSPS) is 34.8. The molecule has 0 aliphatic carbocycles. The van der Waals surface area contributed by atoms with Gasteiger partial charge in [0.05, 0.1) is 6.61 Å². The number of methoxy groups -OCH3 is 1. The average Bonchev–Trinajstić information content (AvgIpc) is 2.54. The van der Waals surface area contributed by atoms with Crippen molar-refractivity contribution in [1.82, 2.24) is 0 Å². The first-order chi connectivity index (χ1) is 10.8. The maximum Gasteiger partial charge on any atom is 0.224 e. The maximum absolute atomic E-state index is 10.5. The molecule has 1 saturated heterocycles. The maximum atomic E-state index is 10.5. The minimum atomic E-state index is -1.65. The fourth-order valence-corrected chi connectivity index (χ4v) is 3.08. The van der Waals surface area contributed by atoms with Gasteiger partial charge >= 0.3 is 0 Å². The standard InChI is InChI=1S/C17H26O6/c1-9(2)11-5-6-12(10(3)7-11)17(22-4)16(21)15(20)14(19)13(8-18)23-17/h5-7,9,13-16,18-21H,8H2,1-4H3/t13-,14+,15+,16+,17?/m1/s1. The molecule has 0 radical (unpaired) electrons. The summed E-state index contributed by atoms with van der Waals surface area (Å²) < 4.78 is 11.2. The molecule has 6 nitrogen and oxygen atoms in total. The van der Waals surface area contributed by atoms with E-state index in [9.17, 15) is 20.4 Å². The Balaban J connectivity index is 2.51. The number of aryl methyl sites for hydroxylation is 1. The highest BCUT2D eigenvalue weighted by molar-refractivity contribution is 5.37. The largest absolute Gasteiger partial charge is 0.394 e. The molecule has 0 bridgehead atoms. The Hall–Kier alpha value is -1.02. The lowest BCUT2D eigenvalue weighted by Crippen LogP contribution is -2.64. The zero-order valence-electron chi connectivity index (χ0n) is 13.9. The van der Waals surface area contributed by atoms with Crippen molar-refractivity contribution < 1.29 is 29.9 Å². The Kier molecular flexibility index (Phi) is 5.45. The van der Waals surface area contributed by atoms with Gasteiger partial charge in [-0.1, -0.05) is 32.0 Å². The summed E-state index contributed by atoms with van der Waals surface area (Å²) in [7, 11) is 1.36. The number of benzene rings is 1. The molecule has 4 N–H and O–H groups in total. The zero-order chi connectivity index (χ0) is 17.4. The van der Waals surface area contributed by atoms with E-state index >= 15 is 0 Å². The van der Waals surface area contributed by atoms with Crippen LogP contribution >= 0.6 is 0 Å². The summed E-state index contributed by atoms with van der Waals surface area (Å²) in [5.41, 5.74) is 2.51. The van der Waals surface area contributed by atoms with Gasteiger partial charge in [-0.2, -0.15) is 0 Å². The highest BCUT2D eigenvalue weighted by Crippen LogP contribution is 2.41. The summed E-state index contributed by atoms with van der Waals surface area (Å²) in [6.45, 7) is 5.52. The second-order valence-corrected chi connectivity index (χ2v) is 6.37. The number of aliphatic hydroxyl groups excluding tert-OH is 4. The zero-order valence-corrected chi connectivity index (χ0v) is 13.9. The molecular weight excluding hydrogens is 300 g/mol. The van der Waals surface area contributed by atoms with Gasteiger partial charge in [0.2, 0.25) is 5.79 Å². The van der Waals surface area contributed by atoms with Gasteiger partial charge in [0.25, 0.3) is 0 Å². The molecule has 1 aromatic carbocycles. The van der Waals surface area contributed by atoms with Crippen molar-refractivity contribution in [2.75, 3.05) is 13.7 Å². The highest BCUT2D eigenvalue weighted by atomic mass is 16.7. The minimum absolute atomic E-state index is 0.344. The fourth-order valence-electron chi connectivity index (χ4n) is 3.08. The first kappa shape index (κ1) is 18.3. The second kappa shape index (κ2) is 6.84. The van der Waals surface area contributed by atoms with Gasteiger partial charge in [-0.3, -0.25) is 0 Å². The van der Waals surface area contributed by atoms with Gasteiger partial charge in [-0.25, -0.2) is 0 Å². The van der Waals surface area contributed by atoms with Gasteiger partial charge in [0.1, 0.15) is 24.4 Å². The van der Waals surface area contributed by atoms with Crippen LogP contribution < -0.4 is 0 Å². The summed E-state index contributed by atoms with van der Waals surface area (Å²) >= 11 is 0. The van der Waals surface area contributed by atoms with Crippen LogP contribution in [0.5, 0.6) is 0 Å². The third kappa shape index (κ3) is 3.03. The van der Waals surface area contributed by atoms with Gasteiger partial charge in [-0.05, 0) is 24.0 Å². The third-order valence-corrected chi connectivity index (χ3v) is 4.55. The Morgan fingerprint density at radius 2 is 1.87 bits per heavy atom. The fraction of sp³-hybridized carbons (Fsp3) is 0.647. The van der Waals surface area contributed by atoms with Crippen molar-refractivity contribution in [3.63, 3.8) is 0 Å². The number of rotatable bonds is 4. The number of ether oxygens (including phenoxy) is 2. The van der Waals surface area contributed by atoms with Gasteiger partial charge in [0.15, 0.2) is 0 Å². The molecule has 2 rings (SSSR count). The molecule has 1 unspecified atom stereocenters. The topological polar surface area (TPSA) is 99.4 Å². The van der Waals surface area contributed by atoms with Crippen molar-refractivity contribution in [3.8, 4) is 0 Å². The molecule has 0 amide bonds. The highest BCUT2D eigenvalue weighted by Gasteiger charge is 2.55. The van der Waals surface area contributed by atoms with Crippen LogP contribution in [0.25, 0.3) is 0 Å². The van der Waals surface area contributed by atoms with Gasteiger partial charge in [0, 0.05) is 12.7 Å². The first-order valence-corrected chi connectivity index (χ1v) is 7.77. The lowest BCUT2D eigenvalue weighted by atomic mass is 9.85. The predicted molar refractivity (Wildman–Crippen MR) is 83.9 cm³/mol. The van der Waals surface area contributed by atoms with E-state index in [0.717, 1.165) is 11.1 Å². The lowest BCUT2D eigenvalue weighted by Gasteiger charge is -2.48. The first-order valence-electron chi connectivity index (χ1n) is 7.77. The molecule has 1 fully saturated rings. The second-order valence-electron chi connectivity index (χ2n) is 6.37. The molecule has 0 saturated carbocycles. The van der Waals surface area contributed by atoms with E-state index in [4.69, 9.17) is 9.47 Å². The Labute approximate surface area is 136 Å². The van der Waals surface area contributed by atoms with Crippen molar-refractivity contribution in [2.24, 2.45) is 0 Å². The van der Waals surface area contributed by atoms with Crippen molar-refractivity contribution >= 4 is 0 Å². The monoisotopic (exact) mass is 326 g/mol. The van der Waals surface area contributed by atoms with E-state index in [2.05, 4.69) is 13.8 Å². The van der Waals surface area contributed by atoms with Crippen molar-refractivity contribution in [3.05, 3.63) is 34.9 Å². The Morgan fingerprint density at radius 3 is 2.35 bits per heavy atom. The van der Waals surface area contributed by atoms with Crippen LogP contribution in [-0.4, -0.2) is 58.6 Å². The molecule has 23 heavy (non-hydrogen) atoms. The van der Waals surface area contributed by atoms with Crippen molar-refractivity contribution in [1.29, 1.82) is 0 Å². The van der Waals surface area contributed by atoms with Crippen LogP contribution in [0.4, 0.5) is 0 Å². The van der Waals surface area contributed by atoms with Crippen LogP contribution in [0, 0.1) is 6.92 Å². The molecule has 1 aliphatic heterocycles. The van der Waals surface area contributed by atoms with Crippen LogP contribution in [0.2, 0.25) is 0 Å². The quantitative estimate of drug-likeness (QED) is 0.639. The predicted octanol–water partition coefficient (Wildman–Crippen LogP) is 0.391. The summed E-state index contributed by atoms with van der Waals surface area (Å²) in [4.78, 5) is 0. The van der Waals surface area contributed by atoms with Gasteiger partial charge in [-0.15, -0.1) is 0 Å². The van der Waals surface area contributed by atoms with Gasteiger partial charge < -0.3 is 29.9 Å². The molecule has 1 heterocycles. The Bertz CT molecular complexity index is 544. The van der Waals surface area contributed by atoms with Crippen LogP contribution in [0.1, 0.15) is 36.5 Å². The average molecular weight is 326 g/mol. The van der Waals surface area contributed by atoms with E-state index in [-0.39, 0.29) is 0 Å². The SMILES string of the molecule is COC1(c2ccc(C(C)C)cc2C)O[C@H](CO)[C@H](O)[C@H](O)[C@@H]1O. The van der Waals surface area contributed by atoms with E-state index in [0.29, 0.717) is 11.5 Å². The Morgan fingerprint density at radius 1 is 1.22 bits per heavy atom. The summed E-state index contributed by atoms with van der Waals surface area (Å²) in [5, 5.41) is 39.9. The molecule has 0 aromatic heterocycles. The summed E-state index contributed by atoms with van der Waals surface area (Å²) in [6.07, 6.45) is -5.44. The smallest absolute Gasteiger partial charge is 0.224 e. The molecule has 0 spiro atoms. The van der Waals surface area contributed by atoms with Crippen molar-refractivity contribution in [2.45, 2.75) is 56.9 Å². The molecular formula is C17H26O6. The van der Waals surface area contributed by atoms with Crippen LogP contribution in [-0.2, 0) is 15.3 Å². The molecule has 6 heteroatoms. The molecule has 1 aromatic rings. The molecule has 5 atom stereocenters. The third-order valence-electron chi connectivity index (χ3n) is 4.55. The van der Waals surface area contributed by atoms with Crippen LogP contribution in [0.15, 0.2) is 18.2 Å². The van der Waals surface area contributed by atoms with E-state index in [1.54, 1.807) is 6.07 Å². The minimum Gasteiger partial charge on any atom is -0.394 e. The van der Waals surface area contributed by atoms with E-state index in [1.165, 1.54) is 7.11 Å². The number of aliphatic hydroxyl groups is 4. The number of hydrogen-bond acceptors (Lipinski definition) is 6. The lowest BCUT2D eigenvalue weighted by molar-refractivity contribution is -0.366. The molecule has 130 valence electrons. The van der Waals surface area contributed by atoms with E-state index < -0.39 is 36.8 Å². The number of hydrogen-bond donors (Lipinski definition) is 4.